The molecule has 0 radical (unpaired) electrons. The third kappa shape index (κ3) is 4.08. The van der Waals surface area contributed by atoms with E-state index in [9.17, 15) is 14.4 Å². The fraction of sp³-hybridized carbons (Fsp3) is 0.318. The van der Waals surface area contributed by atoms with Crippen molar-refractivity contribution in [3.8, 4) is 5.75 Å². The summed E-state index contributed by atoms with van der Waals surface area (Å²) >= 11 is 0. The minimum atomic E-state index is -1.23. The summed E-state index contributed by atoms with van der Waals surface area (Å²) in [5.41, 5.74) is 1.16. The number of imide groups is 1. The second kappa shape index (κ2) is 7.95. The second-order valence-corrected chi connectivity index (χ2v) is 7.50. The van der Waals surface area contributed by atoms with Crippen LogP contribution in [0.2, 0.25) is 0 Å². The van der Waals surface area contributed by atoms with E-state index in [0.29, 0.717) is 22.9 Å². The van der Waals surface area contributed by atoms with Crippen molar-refractivity contribution in [2.24, 2.45) is 0 Å². The molecule has 1 heterocycles. The Morgan fingerprint density at radius 1 is 1.10 bits per heavy atom. The van der Waals surface area contributed by atoms with Crippen molar-refractivity contribution in [1.82, 2.24) is 10.2 Å². The van der Waals surface area contributed by atoms with Crippen LogP contribution < -0.4 is 15.4 Å². The zero-order chi connectivity index (χ0) is 21.2. The molecular weight excluding hydrogens is 370 g/mol. The molecule has 0 saturated carbocycles. The molecule has 1 atom stereocenters. The van der Waals surface area contributed by atoms with Gasteiger partial charge in [-0.05, 0) is 48.2 Å². The van der Waals surface area contributed by atoms with E-state index in [1.807, 2.05) is 12.1 Å². The van der Waals surface area contributed by atoms with Crippen LogP contribution in [0, 0.1) is 0 Å². The predicted molar refractivity (Wildman–Crippen MR) is 110 cm³/mol. The first kappa shape index (κ1) is 20.4. The Kier molecular flexibility index (Phi) is 5.59. The highest BCUT2D eigenvalue weighted by atomic mass is 16.5. The summed E-state index contributed by atoms with van der Waals surface area (Å²) < 4.78 is 5.13. The molecule has 0 aromatic heterocycles. The van der Waals surface area contributed by atoms with Crippen LogP contribution >= 0.6 is 0 Å². The number of nitrogens with zero attached hydrogens (tertiary/aromatic N) is 1. The van der Waals surface area contributed by atoms with E-state index >= 15 is 0 Å². The van der Waals surface area contributed by atoms with Crippen LogP contribution in [0.4, 0.5) is 10.5 Å². The number of ether oxygens (including phenoxy) is 1. The lowest BCUT2D eigenvalue weighted by atomic mass is 9.92. The first-order valence-corrected chi connectivity index (χ1v) is 9.43. The van der Waals surface area contributed by atoms with E-state index in [2.05, 4.69) is 24.5 Å². The van der Waals surface area contributed by atoms with Gasteiger partial charge in [-0.3, -0.25) is 14.5 Å². The van der Waals surface area contributed by atoms with Gasteiger partial charge in [-0.1, -0.05) is 38.1 Å². The lowest BCUT2D eigenvalue weighted by Crippen LogP contribution is -2.42. The van der Waals surface area contributed by atoms with Crippen LogP contribution in [0.3, 0.4) is 0 Å². The number of benzene rings is 2. The molecule has 1 aliphatic heterocycles. The SMILES string of the molecule is COc1ccc([C@@]2(C)NC(=O)N(CC(=O)Nc3ccc(C(C)C)cc3)C2=O)cc1. The Morgan fingerprint density at radius 2 is 1.72 bits per heavy atom. The molecule has 2 aromatic carbocycles. The van der Waals surface area contributed by atoms with Gasteiger partial charge in [-0.15, -0.1) is 0 Å². The molecule has 0 spiro atoms. The van der Waals surface area contributed by atoms with Gasteiger partial charge in [-0.2, -0.15) is 0 Å². The molecule has 0 bridgehead atoms. The molecule has 1 fully saturated rings. The number of hydrogen-bond acceptors (Lipinski definition) is 4. The highest BCUT2D eigenvalue weighted by molar-refractivity contribution is 6.10. The van der Waals surface area contributed by atoms with Crippen molar-refractivity contribution in [2.75, 3.05) is 19.0 Å². The van der Waals surface area contributed by atoms with Crippen LogP contribution in [-0.2, 0) is 15.1 Å². The van der Waals surface area contributed by atoms with E-state index in [1.165, 1.54) is 0 Å². The number of carbonyl (C=O) groups excluding carboxylic acids is 3. The van der Waals surface area contributed by atoms with Gasteiger partial charge in [0.05, 0.1) is 7.11 Å². The third-order valence-corrected chi connectivity index (χ3v) is 5.11. The maximum absolute atomic E-state index is 12.9. The first-order valence-electron chi connectivity index (χ1n) is 9.43. The van der Waals surface area contributed by atoms with E-state index in [4.69, 9.17) is 4.74 Å². The average Bonchev–Trinajstić information content (AvgIpc) is 2.92. The van der Waals surface area contributed by atoms with Crippen molar-refractivity contribution in [1.29, 1.82) is 0 Å². The molecule has 152 valence electrons. The van der Waals surface area contributed by atoms with Gasteiger partial charge in [0, 0.05) is 5.69 Å². The predicted octanol–water partition coefficient (Wildman–Crippen LogP) is 3.22. The summed E-state index contributed by atoms with van der Waals surface area (Å²) in [6.07, 6.45) is 0. The van der Waals surface area contributed by atoms with Crippen LogP contribution in [0.15, 0.2) is 48.5 Å². The van der Waals surface area contributed by atoms with Crippen LogP contribution in [0.5, 0.6) is 5.75 Å². The standard InChI is InChI=1S/C22H25N3O4/c1-14(2)15-5-9-17(10-6-15)23-19(26)13-25-20(27)22(3,24-21(25)28)16-7-11-18(29-4)12-8-16/h5-12,14H,13H2,1-4H3,(H,23,26)(H,24,28)/t22-/m1/s1. The molecule has 7 heteroatoms. The van der Waals surface area contributed by atoms with E-state index in [1.54, 1.807) is 50.4 Å². The Balaban J connectivity index is 1.69. The number of rotatable bonds is 6. The van der Waals surface area contributed by atoms with Gasteiger partial charge in [-0.25, -0.2) is 4.79 Å². The quantitative estimate of drug-likeness (QED) is 0.735. The number of anilines is 1. The molecule has 1 saturated heterocycles. The monoisotopic (exact) mass is 395 g/mol. The zero-order valence-corrected chi connectivity index (χ0v) is 17.0. The highest BCUT2D eigenvalue weighted by Gasteiger charge is 2.49. The molecule has 1 aliphatic rings. The number of methoxy groups -OCH3 is 1. The lowest BCUT2D eigenvalue weighted by Gasteiger charge is -2.22. The molecule has 2 N–H and O–H groups in total. The van der Waals surface area contributed by atoms with Gasteiger partial charge in [0.25, 0.3) is 5.91 Å². The summed E-state index contributed by atoms with van der Waals surface area (Å²) in [4.78, 5) is 38.7. The van der Waals surface area contributed by atoms with Crippen molar-refractivity contribution < 1.29 is 19.1 Å². The van der Waals surface area contributed by atoms with Crippen molar-refractivity contribution in [3.05, 3.63) is 59.7 Å². The largest absolute Gasteiger partial charge is 0.497 e. The van der Waals surface area contributed by atoms with Gasteiger partial charge in [0.1, 0.15) is 17.8 Å². The minimum Gasteiger partial charge on any atom is -0.497 e. The summed E-state index contributed by atoms with van der Waals surface area (Å²) in [5.74, 6) is 0.123. The van der Waals surface area contributed by atoms with Crippen LogP contribution in [0.1, 0.15) is 37.8 Å². The number of amides is 4. The summed E-state index contributed by atoms with van der Waals surface area (Å²) in [7, 11) is 1.55. The minimum absolute atomic E-state index is 0.359. The molecule has 7 nitrogen and oxygen atoms in total. The maximum atomic E-state index is 12.9. The number of urea groups is 1. The average molecular weight is 395 g/mol. The van der Waals surface area contributed by atoms with Crippen molar-refractivity contribution in [3.63, 3.8) is 0 Å². The summed E-state index contributed by atoms with van der Waals surface area (Å²) in [6, 6.07) is 13.8. The van der Waals surface area contributed by atoms with Crippen molar-refractivity contribution >= 4 is 23.5 Å². The topological polar surface area (TPSA) is 87.7 Å². The normalized spacial score (nSPS) is 18.7. The molecule has 3 rings (SSSR count). The lowest BCUT2D eigenvalue weighted by molar-refractivity contribution is -0.133. The highest BCUT2D eigenvalue weighted by Crippen LogP contribution is 2.30. The fourth-order valence-corrected chi connectivity index (χ4v) is 3.26. The van der Waals surface area contributed by atoms with Gasteiger partial charge in [0.15, 0.2) is 0 Å². The Hall–Kier alpha value is -3.35. The Morgan fingerprint density at radius 3 is 2.28 bits per heavy atom. The smallest absolute Gasteiger partial charge is 0.325 e. The first-order chi connectivity index (χ1) is 13.7. The molecular formula is C22H25N3O4. The molecule has 29 heavy (non-hydrogen) atoms. The van der Waals surface area contributed by atoms with Gasteiger partial charge in [0.2, 0.25) is 5.91 Å². The molecule has 4 amide bonds. The van der Waals surface area contributed by atoms with Gasteiger partial charge < -0.3 is 15.4 Å². The van der Waals surface area contributed by atoms with Crippen LogP contribution in [-0.4, -0.2) is 36.4 Å². The van der Waals surface area contributed by atoms with Crippen LogP contribution in [0.25, 0.3) is 0 Å². The van der Waals surface area contributed by atoms with E-state index < -0.39 is 23.4 Å². The summed E-state index contributed by atoms with van der Waals surface area (Å²) in [6.45, 7) is 5.44. The number of nitrogens with one attached hydrogen (secondary N) is 2. The number of hydrogen-bond donors (Lipinski definition) is 2. The molecule has 0 unspecified atom stereocenters. The van der Waals surface area contributed by atoms with Gasteiger partial charge >= 0.3 is 6.03 Å². The summed E-state index contributed by atoms with van der Waals surface area (Å²) in [5, 5.41) is 5.42. The molecule has 2 aromatic rings. The zero-order valence-electron chi connectivity index (χ0n) is 17.0. The van der Waals surface area contributed by atoms with Crippen molar-refractivity contribution in [2.45, 2.75) is 32.2 Å². The van der Waals surface area contributed by atoms with E-state index in [0.717, 1.165) is 10.5 Å². The Labute approximate surface area is 170 Å². The fourth-order valence-electron chi connectivity index (χ4n) is 3.26. The third-order valence-electron chi connectivity index (χ3n) is 5.11. The number of carbonyl (C=O) groups is 3. The second-order valence-electron chi connectivity index (χ2n) is 7.50. The maximum Gasteiger partial charge on any atom is 0.325 e. The van der Waals surface area contributed by atoms with E-state index in [-0.39, 0.29) is 6.54 Å². The Bertz CT molecular complexity index is 922. The molecule has 0 aliphatic carbocycles.